The summed E-state index contributed by atoms with van der Waals surface area (Å²) < 4.78 is 25.3. The topological polar surface area (TPSA) is 109 Å². The van der Waals surface area contributed by atoms with Crippen LogP contribution in [-0.2, 0) is 19.1 Å². The van der Waals surface area contributed by atoms with E-state index in [9.17, 15) is 14.4 Å². The zero-order valence-electron chi connectivity index (χ0n) is 17.6. The lowest BCUT2D eigenvalue weighted by atomic mass is 10.1. The Morgan fingerprint density at radius 2 is 1.52 bits per heavy atom. The standard InChI is InChI=1S/C22H23NO8/c1-27-17-11-14(12-18(28-2)21(17)29-3)5-10-20(25)31-13-19(24)23-16-8-6-15(7-9-16)22(26)30-4/h5-12H,13H2,1-4H3,(H,23,24)/b10-5+. The fourth-order valence-electron chi connectivity index (χ4n) is 2.55. The van der Waals surface area contributed by atoms with E-state index in [1.807, 2.05) is 0 Å². The van der Waals surface area contributed by atoms with Crippen molar-refractivity contribution in [1.29, 1.82) is 0 Å². The number of amides is 1. The summed E-state index contributed by atoms with van der Waals surface area (Å²) in [5.74, 6) is -0.406. The van der Waals surface area contributed by atoms with Crippen LogP contribution in [0.2, 0.25) is 0 Å². The van der Waals surface area contributed by atoms with Crippen LogP contribution in [0.25, 0.3) is 6.08 Å². The first-order chi connectivity index (χ1) is 14.9. The van der Waals surface area contributed by atoms with Gasteiger partial charge in [-0.2, -0.15) is 0 Å². The molecule has 0 spiro atoms. The van der Waals surface area contributed by atoms with Crippen molar-refractivity contribution in [1.82, 2.24) is 0 Å². The molecule has 0 bridgehead atoms. The van der Waals surface area contributed by atoms with Gasteiger partial charge in [0.2, 0.25) is 5.75 Å². The summed E-state index contributed by atoms with van der Waals surface area (Å²) in [4.78, 5) is 35.3. The van der Waals surface area contributed by atoms with E-state index in [0.29, 0.717) is 34.1 Å². The first-order valence-electron chi connectivity index (χ1n) is 9.04. The van der Waals surface area contributed by atoms with Crippen molar-refractivity contribution in [2.45, 2.75) is 0 Å². The average Bonchev–Trinajstić information content (AvgIpc) is 2.80. The predicted molar refractivity (Wildman–Crippen MR) is 113 cm³/mol. The Hall–Kier alpha value is -4.01. The van der Waals surface area contributed by atoms with Gasteiger partial charge in [-0.3, -0.25) is 4.79 Å². The van der Waals surface area contributed by atoms with E-state index in [2.05, 4.69) is 10.1 Å². The number of anilines is 1. The highest BCUT2D eigenvalue weighted by Gasteiger charge is 2.12. The molecule has 0 saturated carbocycles. The number of benzene rings is 2. The number of esters is 2. The minimum atomic E-state index is -0.704. The highest BCUT2D eigenvalue weighted by atomic mass is 16.5. The molecule has 9 nitrogen and oxygen atoms in total. The number of ether oxygens (including phenoxy) is 5. The van der Waals surface area contributed by atoms with E-state index >= 15 is 0 Å². The highest BCUT2D eigenvalue weighted by molar-refractivity contribution is 5.95. The summed E-state index contributed by atoms with van der Waals surface area (Å²) in [5, 5.41) is 2.56. The van der Waals surface area contributed by atoms with Gasteiger partial charge in [0.1, 0.15) is 0 Å². The first kappa shape index (κ1) is 23.3. The van der Waals surface area contributed by atoms with Crippen LogP contribution < -0.4 is 19.5 Å². The Morgan fingerprint density at radius 1 is 0.903 bits per heavy atom. The van der Waals surface area contributed by atoms with Crippen molar-refractivity contribution < 1.29 is 38.1 Å². The van der Waals surface area contributed by atoms with Gasteiger partial charge in [-0.15, -0.1) is 0 Å². The molecule has 0 aromatic heterocycles. The van der Waals surface area contributed by atoms with Crippen LogP contribution in [0.1, 0.15) is 15.9 Å². The molecule has 1 amide bonds. The summed E-state index contributed by atoms with van der Waals surface area (Å²) in [5.41, 5.74) is 1.41. The third kappa shape index (κ3) is 6.49. The van der Waals surface area contributed by atoms with Gasteiger partial charge in [0, 0.05) is 11.8 Å². The minimum Gasteiger partial charge on any atom is -0.493 e. The first-order valence-corrected chi connectivity index (χ1v) is 9.04. The second-order valence-electron chi connectivity index (χ2n) is 6.02. The average molecular weight is 429 g/mol. The van der Waals surface area contributed by atoms with E-state index in [4.69, 9.17) is 18.9 Å². The molecule has 0 unspecified atom stereocenters. The minimum absolute atomic E-state index is 0.351. The molecule has 9 heteroatoms. The lowest BCUT2D eigenvalue weighted by Crippen LogP contribution is -2.20. The van der Waals surface area contributed by atoms with Crippen molar-refractivity contribution in [2.24, 2.45) is 0 Å². The summed E-state index contributed by atoms with van der Waals surface area (Å²) in [6, 6.07) is 9.42. The largest absolute Gasteiger partial charge is 0.493 e. The normalized spacial score (nSPS) is 10.3. The molecule has 0 aliphatic carbocycles. The lowest BCUT2D eigenvalue weighted by Gasteiger charge is -2.12. The van der Waals surface area contributed by atoms with Gasteiger partial charge < -0.3 is 29.0 Å². The Balaban J connectivity index is 1.92. The molecule has 2 aromatic rings. The molecular formula is C22H23NO8. The summed E-state index contributed by atoms with van der Waals surface area (Å²) in [6.45, 7) is -0.475. The molecule has 2 aromatic carbocycles. The highest BCUT2D eigenvalue weighted by Crippen LogP contribution is 2.38. The van der Waals surface area contributed by atoms with Crippen molar-refractivity contribution in [3.05, 3.63) is 53.6 Å². The van der Waals surface area contributed by atoms with Crippen LogP contribution >= 0.6 is 0 Å². The van der Waals surface area contributed by atoms with Crippen molar-refractivity contribution in [3.63, 3.8) is 0 Å². The van der Waals surface area contributed by atoms with Crippen LogP contribution in [-0.4, -0.2) is 52.9 Å². The van der Waals surface area contributed by atoms with Crippen LogP contribution in [0.4, 0.5) is 5.69 Å². The Morgan fingerprint density at radius 3 is 2.03 bits per heavy atom. The quantitative estimate of drug-likeness (QED) is 0.479. The number of carbonyl (C=O) groups is 3. The number of carbonyl (C=O) groups excluding carboxylic acids is 3. The zero-order valence-corrected chi connectivity index (χ0v) is 17.6. The number of hydrogen-bond donors (Lipinski definition) is 1. The molecule has 2 rings (SSSR count). The molecule has 0 heterocycles. The maximum Gasteiger partial charge on any atom is 0.337 e. The second kappa shape index (κ2) is 11.2. The Labute approximate surface area is 179 Å². The molecular weight excluding hydrogens is 406 g/mol. The van der Waals surface area contributed by atoms with E-state index in [-0.39, 0.29) is 0 Å². The Bertz CT molecular complexity index is 941. The molecule has 164 valence electrons. The van der Waals surface area contributed by atoms with Gasteiger partial charge in [-0.05, 0) is 48.0 Å². The second-order valence-corrected chi connectivity index (χ2v) is 6.02. The fourth-order valence-corrected chi connectivity index (χ4v) is 2.55. The molecule has 0 aliphatic rings. The Kier molecular flexibility index (Phi) is 8.44. The van der Waals surface area contributed by atoms with Crippen LogP contribution in [0.3, 0.4) is 0 Å². The lowest BCUT2D eigenvalue weighted by molar-refractivity contribution is -0.142. The summed E-state index contributed by atoms with van der Waals surface area (Å²) in [7, 11) is 5.75. The van der Waals surface area contributed by atoms with Crippen LogP contribution in [0.5, 0.6) is 17.2 Å². The molecule has 1 N–H and O–H groups in total. The van der Waals surface area contributed by atoms with E-state index in [1.165, 1.54) is 64.9 Å². The SMILES string of the molecule is COC(=O)c1ccc(NC(=O)COC(=O)/C=C/c2cc(OC)c(OC)c(OC)c2)cc1. The number of hydrogen-bond acceptors (Lipinski definition) is 8. The van der Waals surface area contributed by atoms with Crippen molar-refractivity contribution in [2.75, 3.05) is 40.4 Å². The number of rotatable bonds is 9. The van der Waals surface area contributed by atoms with Gasteiger partial charge >= 0.3 is 11.9 Å². The van der Waals surface area contributed by atoms with Crippen molar-refractivity contribution >= 4 is 29.6 Å². The maximum absolute atomic E-state index is 12.0. The smallest absolute Gasteiger partial charge is 0.337 e. The van der Waals surface area contributed by atoms with Crippen LogP contribution in [0.15, 0.2) is 42.5 Å². The fraction of sp³-hybridized carbons (Fsp3) is 0.227. The van der Waals surface area contributed by atoms with Gasteiger partial charge in [-0.25, -0.2) is 9.59 Å². The maximum atomic E-state index is 12.0. The number of methoxy groups -OCH3 is 4. The molecule has 0 aliphatic heterocycles. The van der Waals surface area contributed by atoms with Gasteiger partial charge in [0.15, 0.2) is 18.1 Å². The van der Waals surface area contributed by atoms with E-state index in [1.54, 1.807) is 12.1 Å². The third-order valence-corrected chi connectivity index (χ3v) is 4.03. The van der Waals surface area contributed by atoms with E-state index in [0.717, 1.165) is 0 Å². The molecule has 0 radical (unpaired) electrons. The van der Waals surface area contributed by atoms with Gasteiger partial charge in [0.05, 0.1) is 34.0 Å². The molecule has 31 heavy (non-hydrogen) atoms. The zero-order chi connectivity index (χ0) is 22.8. The summed E-state index contributed by atoms with van der Waals surface area (Å²) in [6.07, 6.45) is 2.68. The summed E-state index contributed by atoms with van der Waals surface area (Å²) >= 11 is 0. The molecule has 0 atom stereocenters. The number of nitrogens with one attached hydrogen (secondary N) is 1. The van der Waals surface area contributed by atoms with Crippen molar-refractivity contribution in [3.8, 4) is 17.2 Å². The predicted octanol–water partition coefficient (Wildman–Crippen LogP) is 2.69. The third-order valence-electron chi connectivity index (χ3n) is 4.03. The molecule has 0 fully saturated rings. The molecule has 0 saturated heterocycles. The van der Waals surface area contributed by atoms with Crippen LogP contribution in [0, 0.1) is 0 Å². The monoisotopic (exact) mass is 429 g/mol. The van der Waals surface area contributed by atoms with Gasteiger partial charge in [-0.1, -0.05) is 0 Å². The van der Waals surface area contributed by atoms with E-state index < -0.39 is 24.5 Å². The van der Waals surface area contributed by atoms with Gasteiger partial charge in [0.25, 0.3) is 5.91 Å².